The number of non-ortho nitro benzene ring substituents is 1. The molecule has 0 spiro atoms. The maximum atomic E-state index is 11.7. The molecule has 104 valence electrons. The van der Waals surface area contributed by atoms with Gasteiger partial charge in [-0.1, -0.05) is 22.0 Å². The lowest BCUT2D eigenvalue weighted by Gasteiger charge is -2.11. The number of carbonyl (C=O) groups excluding carboxylic acids is 1. The van der Waals surface area contributed by atoms with E-state index >= 15 is 0 Å². The normalized spacial score (nSPS) is 11.9. The molecule has 0 aliphatic rings. The Hall–Kier alpha value is -1.47. The molecule has 0 aliphatic carbocycles. The second-order valence-electron chi connectivity index (χ2n) is 4.20. The largest absolute Gasteiger partial charge is 0.354 e. The van der Waals surface area contributed by atoms with Crippen molar-refractivity contribution in [2.45, 2.75) is 19.4 Å². The Labute approximate surface area is 119 Å². The molecule has 2 N–H and O–H groups in total. The molecule has 0 fully saturated rings. The van der Waals surface area contributed by atoms with Crippen molar-refractivity contribution in [2.75, 3.05) is 13.6 Å². The van der Waals surface area contributed by atoms with Crippen LogP contribution in [0.15, 0.2) is 22.7 Å². The van der Waals surface area contributed by atoms with Gasteiger partial charge < -0.3 is 10.6 Å². The van der Waals surface area contributed by atoms with Crippen LogP contribution in [-0.4, -0.2) is 30.5 Å². The van der Waals surface area contributed by atoms with Crippen LogP contribution in [0.5, 0.6) is 0 Å². The molecule has 1 aromatic rings. The second kappa shape index (κ2) is 7.20. The number of carbonyl (C=O) groups is 1. The molecule has 19 heavy (non-hydrogen) atoms. The predicted octanol–water partition coefficient (Wildman–Crippen LogP) is 1.62. The van der Waals surface area contributed by atoms with Crippen molar-refractivity contribution >= 4 is 27.5 Å². The number of likely N-dealkylation sites (N-methyl/N-ethyl adjacent to an activating group) is 1. The highest BCUT2D eigenvalue weighted by molar-refractivity contribution is 9.10. The summed E-state index contributed by atoms with van der Waals surface area (Å²) in [6.07, 6.45) is 0.189. The van der Waals surface area contributed by atoms with E-state index in [2.05, 4.69) is 26.6 Å². The van der Waals surface area contributed by atoms with Gasteiger partial charge in [0.05, 0.1) is 11.3 Å². The monoisotopic (exact) mass is 329 g/mol. The number of amides is 1. The van der Waals surface area contributed by atoms with E-state index in [4.69, 9.17) is 0 Å². The summed E-state index contributed by atoms with van der Waals surface area (Å²) in [7, 11) is 1.82. The molecule has 0 heterocycles. The summed E-state index contributed by atoms with van der Waals surface area (Å²) in [5.41, 5.74) is 0.722. The Morgan fingerprint density at radius 3 is 2.74 bits per heavy atom. The van der Waals surface area contributed by atoms with Crippen LogP contribution in [0.2, 0.25) is 0 Å². The van der Waals surface area contributed by atoms with Crippen molar-refractivity contribution < 1.29 is 9.72 Å². The smallest absolute Gasteiger partial charge is 0.270 e. The Bertz CT molecular complexity index is 479. The first-order valence-electron chi connectivity index (χ1n) is 5.80. The molecule has 0 bridgehead atoms. The Morgan fingerprint density at radius 1 is 1.53 bits per heavy atom. The first-order chi connectivity index (χ1) is 8.93. The minimum absolute atomic E-state index is 0.000150. The molecule has 1 aromatic carbocycles. The van der Waals surface area contributed by atoms with Crippen molar-refractivity contribution in [2.24, 2.45) is 0 Å². The van der Waals surface area contributed by atoms with E-state index in [0.717, 1.165) is 5.56 Å². The second-order valence-corrected chi connectivity index (χ2v) is 5.06. The van der Waals surface area contributed by atoms with Crippen LogP contribution in [0.4, 0.5) is 5.69 Å². The van der Waals surface area contributed by atoms with E-state index in [1.165, 1.54) is 12.1 Å². The van der Waals surface area contributed by atoms with Crippen molar-refractivity contribution in [1.82, 2.24) is 10.6 Å². The van der Waals surface area contributed by atoms with Gasteiger partial charge in [0.25, 0.3) is 5.69 Å². The van der Waals surface area contributed by atoms with Crippen molar-refractivity contribution in [3.05, 3.63) is 38.3 Å². The van der Waals surface area contributed by atoms with Crippen LogP contribution in [0.1, 0.15) is 12.5 Å². The maximum absolute atomic E-state index is 11.7. The molecule has 1 unspecified atom stereocenters. The zero-order valence-electron chi connectivity index (χ0n) is 10.8. The van der Waals surface area contributed by atoms with Crippen LogP contribution < -0.4 is 10.6 Å². The summed E-state index contributed by atoms with van der Waals surface area (Å²) >= 11 is 3.24. The van der Waals surface area contributed by atoms with Gasteiger partial charge in [0.2, 0.25) is 5.91 Å². The third kappa shape index (κ3) is 4.96. The average Bonchev–Trinajstić information content (AvgIpc) is 2.38. The predicted molar refractivity (Wildman–Crippen MR) is 76.0 cm³/mol. The van der Waals surface area contributed by atoms with Gasteiger partial charge in [0.15, 0.2) is 0 Å². The molecule has 6 nitrogen and oxygen atoms in total. The van der Waals surface area contributed by atoms with Gasteiger partial charge in [-0.2, -0.15) is 0 Å². The van der Waals surface area contributed by atoms with Gasteiger partial charge in [0, 0.05) is 29.2 Å². The highest BCUT2D eigenvalue weighted by Gasteiger charge is 2.12. The zero-order chi connectivity index (χ0) is 14.4. The third-order valence-electron chi connectivity index (χ3n) is 2.70. The Kier molecular flexibility index (Phi) is 5.91. The number of nitrogens with one attached hydrogen (secondary N) is 2. The lowest BCUT2D eigenvalue weighted by atomic mass is 10.1. The van der Waals surface area contributed by atoms with Crippen LogP contribution in [0.25, 0.3) is 0 Å². The lowest BCUT2D eigenvalue weighted by Crippen LogP contribution is -2.37. The minimum Gasteiger partial charge on any atom is -0.354 e. The molecular weight excluding hydrogens is 314 g/mol. The molecule has 0 saturated heterocycles. The molecule has 0 saturated carbocycles. The average molecular weight is 330 g/mol. The third-order valence-corrected chi connectivity index (χ3v) is 3.43. The van der Waals surface area contributed by atoms with E-state index in [9.17, 15) is 14.9 Å². The van der Waals surface area contributed by atoms with Crippen LogP contribution >= 0.6 is 15.9 Å². The van der Waals surface area contributed by atoms with Crippen LogP contribution in [-0.2, 0) is 11.2 Å². The summed E-state index contributed by atoms with van der Waals surface area (Å²) in [6, 6.07) is 4.58. The minimum atomic E-state index is -0.469. The highest BCUT2D eigenvalue weighted by Crippen LogP contribution is 2.23. The topological polar surface area (TPSA) is 84.3 Å². The van der Waals surface area contributed by atoms with E-state index < -0.39 is 4.92 Å². The molecule has 0 aromatic heterocycles. The number of rotatable bonds is 6. The lowest BCUT2D eigenvalue weighted by molar-refractivity contribution is -0.384. The standard InChI is InChI=1S/C12H16BrN3O3/c1-8(14-2)7-15-12(17)5-9-3-4-10(16(18)19)6-11(9)13/h3-4,6,8,14H,5,7H2,1-2H3,(H,15,17). The van der Waals surface area contributed by atoms with Gasteiger partial charge in [-0.05, 0) is 19.5 Å². The number of nitro groups is 1. The van der Waals surface area contributed by atoms with Crippen molar-refractivity contribution in [1.29, 1.82) is 0 Å². The van der Waals surface area contributed by atoms with Crippen molar-refractivity contribution in [3.8, 4) is 0 Å². The van der Waals surface area contributed by atoms with E-state index in [0.29, 0.717) is 11.0 Å². The first kappa shape index (κ1) is 15.6. The number of halogens is 1. The molecule has 1 atom stereocenters. The molecule has 0 aliphatic heterocycles. The first-order valence-corrected chi connectivity index (χ1v) is 6.60. The zero-order valence-corrected chi connectivity index (χ0v) is 12.4. The summed E-state index contributed by atoms with van der Waals surface area (Å²) in [4.78, 5) is 21.8. The van der Waals surface area contributed by atoms with Gasteiger partial charge in [0.1, 0.15) is 0 Å². The molecule has 0 radical (unpaired) electrons. The molecule has 1 amide bonds. The number of nitrogens with zero attached hydrogens (tertiary/aromatic N) is 1. The van der Waals surface area contributed by atoms with E-state index in [1.807, 2.05) is 14.0 Å². The quantitative estimate of drug-likeness (QED) is 0.613. The Balaban J connectivity index is 2.62. The van der Waals surface area contributed by atoms with E-state index in [-0.39, 0.29) is 24.1 Å². The number of nitro benzene ring substituents is 1. The van der Waals surface area contributed by atoms with Gasteiger partial charge >= 0.3 is 0 Å². The van der Waals surface area contributed by atoms with Crippen LogP contribution in [0.3, 0.4) is 0 Å². The molecule has 1 rings (SSSR count). The summed E-state index contributed by atoms with van der Waals surface area (Å²) in [5.74, 6) is -0.114. The maximum Gasteiger partial charge on any atom is 0.270 e. The summed E-state index contributed by atoms with van der Waals surface area (Å²) in [6.45, 7) is 2.50. The fourth-order valence-electron chi connectivity index (χ4n) is 1.40. The summed E-state index contributed by atoms with van der Waals surface area (Å²) in [5, 5.41) is 16.4. The van der Waals surface area contributed by atoms with Gasteiger partial charge in [-0.3, -0.25) is 14.9 Å². The van der Waals surface area contributed by atoms with Gasteiger partial charge in [-0.15, -0.1) is 0 Å². The number of hydrogen-bond acceptors (Lipinski definition) is 4. The summed E-state index contributed by atoms with van der Waals surface area (Å²) < 4.78 is 0.568. The SMILES string of the molecule is CNC(C)CNC(=O)Cc1ccc([N+](=O)[O-])cc1Br. The number of benzene rings is 1. The Morgan fingerprint density at radius 2 is 2.21 bits per heavy atom. The van der Waals surface area contributed by atoms with E-state index in [1.54, 1.807) is 6.07 Å². The van der Waals surface area contributed by atoms with Crippen molar-refractivity contribution in [3.63, 3.8) is 0 Å². The van der Waals surface area contributed by atoms with Crippen LogP contribution in [0, 0.1) is 10.1 Å². The molecular formula is C12H16BrN3O3. The fourth-order valence-corrected chi connectivity index (χ4v) is 1.90. The van der Waals surface area contributed by atoms with Gasteiger partial charge in [-0.25, -0.2) is 0 Å². The number of hydrogen-bond donors (Lipinski definition) is 2. The fraction of sp³-hybridized carbons (Fsp3) is 0.417. The highest BCUT2D eigenvalue weighted by atomic mass is 79.9. The molecule has 7 heteroatoms.